The molecule has 0 aliphatic carbocycles. The van der Waals surface area contributed by atoms with E-state index in [0.29, 0.717) is 13.0 Å². The highest BCUT2D eigenvalue weighted by Crippen LogP contribution is 2.16. The third kappa shape index (κ3) is 3.44. The quantitative estimate of drug-likeness (QED) is 0.749. The highest BCUT2D eigenvalue weighted by molar-refractivity contribution is 5.95. The first-order valence-electron chi connectivity index (χ1n) is 6.51. The lowest BCUT2D eigenvalue weighted by Crippen LogP contribution is -1.99. The normalized spacial score (nSPS) is 10.2. The van der Waals surface area contributed by atoms with Crippen LogP contribution in [0.5, 0.6) is 5.75 Å². The highest BCUT2D eigenvalue weighted by Gasteiger charge is 2.03. The van der Waals surface area contributed by atoms with Gasteiger partial charge < -0.3 is 4.74 Å². The Morgan fingerprint density at radius 2 is 1.74 bits per heavy atom. The molecule has 0 N–H and O–H groups in total. The molecular formula is C17H18O2. The maximum Gasteiger partial charge on any atom is 0.162 e. The van der Waals surface area contributed by atoms with E-state index in [1.807, 2.05) is 43.3 Å². The Hall–Kier alpha value is -2.09. The minimum absolute atomic E-state index is 0.158. The maximum atomic E-state index is 11.5. The molecule has 0 aromatic heterocycles. The molecule has 0 fully saturated rings. The number of aryl methyl sites for hydroxylation is 1. The molecule has 0 aliphatic heterocycles. The molecular weight excluding hydrogens is 236 g/mol. The molecule has 0 bridgehead atoms. The van der Waals surface area contributed by atoms with Crippen LogP contribution in [0.4, 0.5) is 0 Å². The summed E-state index contributed by atoms with van der Waals surface area (Å²) in [6.45, 7) is 4.49. The lowest BCUT2D eigenvalue weighted by molar-refractivity contribution is 0.0988. The van der Waals surface area contributed by atoms with Crippen molar-refractivity contribution < 1.29 is 9.53 Å². The predicted molar refractivity (Wildman–Crippen MR) is 76.6 cm³/mol. The van der Waals surface area contributed by atoms with Gasteiger partial charge in [-0.1, -0.05) is 31.2 Å². The second-order valence-corrected chi connectivity index (χ2v) is 4.52. The number of carbonyl (C=O) groups excluding carboxylic acids is 1. The SMILES string of the molecule is CCC(=O)c1ccc(OCc2ccccc2C)cc1. The van der Waals surface area contributed by atoms with Crippen molar-refractivity contribution in [1.29, 1.82) is 0 Å². The first kappa shape index (κ1) is 13.3. The van der Waals surface area contributed by atoms with Gasteiger partial charge in [0.2, 0.25) is 0 Å². The van der Waals surface area contributed by atoms with Gasteiger partial charge >= 0.3 is 0 Å². The van der Waals surface area contributed by atoms with Crippen LogP contribution in [0.2, 0.25) is 0 Å². The van der Waals surface area contributed by atoms with E-state index in [1.165, 1.54) is 11.1 Å². The van der Waals surface area contributed by atoms with Crippen molar-refractivity contribution in [1.82, 2.24) is 0 Å². The van der Waals surface area contributed by atoms with Crippen LogP contribution in [0.3, 0.4) is 0 Å². The summed E-state index contributed by atoms with van der Waals surface area (Å²) < 4.78 is 5.73. The lowest BCUT2D eigenvalue weighted by atomic mass is 10.1. The number of rotatable bonds is 5. The van der Waals surface area contributed by atoms with Gasteiger partial charge in [0, 0.05) is 12.0 Å². The molecule has 0 unspecified atom stereocenters. The van der Waals surface area contributed by atoms with Crippen LogP contribution in [-0.2, 0) is 6.61 Å². The van der Waals surface area contributed by atoms with E-state index in [0.717, 1.165) is 11.3 Å². The average molecular weight is 254 g/mol. The number of hydrogen-bond donors (Lipinski definition) is 0. The Labute approximate surface area is 114 Å². The Kier molecular flexibility index (Phi) is 4.35. The summed E-state index contributed by atoms with van der Waals surface area (Å²) in [4.78, 5) is 11.5. The predicted octanol–water partition coefficient (Wildman–Crippen LogP) is 4.17. The van der Waals surface area contributed by atoms with Gasteiger partial charge in [-0.25, -0.2) is 0 Å². The number of hydrogen-bond acceptors (Lipinski definition) is 2. The fourth-order valence-electron chi connectivity index (χ4n) is 1.87. The van der Waals surface area contributed by atoms with Gasteiger partial charge in [0.05, 0.1) is 0 Å². The van der Waals surface area contributed by atoms with Crippen molar-refractivity contribution in [2.45, 2.75) is 26.9 Å². The minimum atomic E-state index is 0.158. The van der Waals surface area contributed by atoms with E-state index in [-0.39, 0.29) is 5.78 Å². The number of ketones is 1. The van der Waals surface area contributed by atoms with Crippen LogP contribution < -0.4 is 4.74 Å². The summed E-state index contributed by atoms with van der Waals surface area (Å²) in [5.74, 6) is 0.946. The zero-order chi connectivity index (χ0) is 13.7. The van der Waals surface area contributed by atoms with Gasteiger partial charge in [-0.15, -0.1) is 0 Å². The largest absolute Gasteiger partial charge is 0.489 e. The highest BCUT2D eigenvalue weighted by atomic mass is 16.5. The van der Waals surface area contributed by atoms with Crippen LogP contribution in [0.1, 0.15) is 34.8 Å². The van der Waals surface area contributed by atoms with Crippen molar-refractivity contribution in [2.75, 3.05) is 0 Å². The molecule has 0 spiro atoms. The molecule has 2 aromatic carbocycles. The van der Waals surface area contributed by atoms with Gasteiger partial charge in [-0.3, -0.25) is 4.79 Å². The molecule has 2 nitrogen and oxygen atoms in total. The number of Topliss-reactive ketones (excluding diaryl/α,β-unsaturated/α-hetero) is 1. The van der Waals surface area contributed by atoms with Gasteiger partial charge in [-0.05, 0) is 42.3 Å². The molecule has 2 heteroatoms. The fourth-order valence-corrected chi connectivity index (χ4v) is 1.87. The topological polar surface area (TPSA) is 26.3 Å². The zero-order valence-corrected chi connectivity index (χ0v) is 11.3. The first-order chi connectivity index (χ1) is 9.20. The monoisotopic (exact) mass is 254 g/mol. The molecule has 2 rings (SSSR count). The third-order valence-corrected chi connectivity index (χ3v) is 3.15. The van der Waals surface area contributed by atoms with Crippen LogP contribution in [-0.4, -0.2) is 5.78 Å². The third-order valence-electron chi connectivity index (χ3n) is 3.15. The summed E-state index contributed by atoms with van der Waals surface area (Å²) in [5, 5.41) is 0. The van der Waals surface area contributed by atoms with E-state index in [4.69, 9.17) is 4.74 Å². The second-order valence-electron chi connectivity index (χ2n) is 4.52. The van der Waals surface area contributed by atoms with E-state index >= 15 is 0 Å². The van der Waals surface area contributed by atoms with E-state index in [9.17, 15) is 4.79 Å². The van der Waals surface area contributed by atoms with Crippen molar-refractivity contribution in [2.24, 2.45) is 0 Å². The van der Waals surface area contributed by atoms with Crippen molar-refractivity contribution >= 4 is 5.78 Å². The van der Waals surface area contributed by atoms with Crippen LogP contribution in [0, 0.1) is 6.92 Å². The second kappa shape index (κ2) is 6.19. The van der Waals surface area contributed by atoms with Gasteiger partial charge in [0.1, 0.15) is 12.4 Å². The summed E-state index contributed by atoms with van der Waals surface area (Å²) in [6, 6.07) is 15.5. The molecule has 19 heavy (non-hydrogen) atoms. The van der Waals surface area contributed by atoms with Crippen LogP contribution in [0.25, 0.3) is 0 Å². The molecule has 0 amide bonds. The van der Waals surface area contributed by atoms with Crippen molar-refractivity contribution in [3.63, 3.8) is 0 Å². The lowest BCUT2D eigenvalue weighted by Gasteiger charge is -2.09. The first-order valence-corrected chi connectivity index (χ1v) is 6.51. The standard InChI is InChI=1S/C17H18O2/c1-3-17(18)14-8-10-16(11-9-14)19-12-15-7-5-4-6-13(15)2/h4-11H,3,12H2,1-2H3. The average Bonchev–Trinajstić information content (AvgIpc) is 2.46. The Morgan fingerprint density at radius 3 is 2.37 bits per heavy atom. The molecule has 0 atom stereocenters. The Morgan fingerprint density at radius 1 is 1.05 bits per heavy atom. The summed E-state index contributed by atoms with van der Waals surface area (Å²) in [5.41, 5.74) is 3.14. The van der Waals surface area contributed by atoms with Gasteiger partial charge in [-0.2, -0.15) is 0 Å². The number of carbonyl (C=O) groups is 1. The van der Waals surface area contributed by atoms with Crippen LogP contribution >= 0.6 is 0 Å². The molecule has 0 saturated heterocycles. The fraction of sp³-hybridized carbons (Fsp3) is 0.235. The number of benzene rings is 2. The zero-order valence-electron chi connectivity index (χ0n) is 11.3. The van der Waals surface area contributed by atoms with Gasteiger partial charge in [0.15, 0.2) is 5.78 Å². The minimum Gasteiger partial charge on any atom is -0.489 e. The molecule has 0 heterocycles. The summed E-state index contributed by atoms with van der Waals surface area (Å²) in [6.07, 6.45) is 0.531. The van der Waals surface area contributed by atoms with E-state index < -0.39 is 0 Å². The Bertz CT molecular complexity index is 556. The van der Waals surface area contributed by atoms with E-state index in [1.54, 1.807) is 0 Å². The van der Waals surface area contributed by atoms with Crippen molar-refractivity contribution in [3.05, 3.63) is 65.2 Å². The molecule has 2 aromatic rings. The summed E-state index contributed by atoms with van der Waals surface area (Å²) >= 11 is 0. The van der Waals surface area contributed by atoms with E-state index in [2.05, 4.69) is 19.1 Å². The Balaban J connectivity index is 2.01. The molecule has 0 saturated carbocycles. The smallest absolute Gasteiger partial charge is 0.162 e. The van der Waals surface area contributed by atoms with Crippen molar-refractivity contribution in [3.8, 4) is 5.75 Å². The molecule has 98 valence electrons. The maximum absolute atomic E-state index is 11.5. The summed E-state index contributed by atoms with van der Waals surface area (Å²) in [7, 11) is 0. The molecule has 0 aliphatic rings. The van der Waals surface area contributed by atoms with Crippen LogP contribution in [0.15, 0.2) is 48.5 Å². The molecule has 0 radical (unpaired) electrons. The number of ether oxygens (including phenoxy) is 1. The van der Waals surface area contributed by atoms with Gasteiger partial charge in [0.25, 0.3) is 0 Å².